The number of hydrogen-bond donors (Lipinski definition) is 3. The first-order valence-electron chi connectivity index (χ1n) is 9.37. The zero-order valence-corrected chi connectivity index (χ0v) is 16.4. The number of aliphatic carboxylic acids is 1. The van der Waals surface area contributed by atoms with Crippen LogP contribution in [0, 0.1) is 5.92 Å². The number of carbonyl (C=O) groups is 1. The van der Waals surface area contributed by atoms with E-state index in [2.05, 4.69) is 0 Å². The quantitative estimate of drug-likeness (QED) is 0.485. The summed E-state index contributed by atoms with van der Waals surface area (Å²) in [6.45, 7) is 0.348. The smallest absolute Gasteiger partial charge is 0.303 e. The SMILES string of the molecule is O=C(O)CC/C=C\CC[C@H]1[C@@H](O)CO[C@@H]1/C=C/C(O)COc1cccc(Cl)c1. The molecule has 1 heterocycles. The molecule has 6 nitrogen and oxygen atoms in total. The second-order valence-corrected chi connectivity index (χ2v) is 7.17. The summed E-state index contributed by atoms with van der Waals surface area (Å²) >= 11 is 5.89. The summed E-state index contributed by atoms with van der Waals surface area (Å²) in [4.78, 5) is 10.5. The van der Waals surface area contributed by atoms with Crippen LogP contribution in [0.3, 0.4) is 0 Å². The molecule has 0 aromatic heterocycles. The fourth-order valence-electron chi connectivity index (χ4n) is 2.99. The number of aliphatic hydroxyl groups excluding tert-OH is 2. The zero-order valence-electron chi connectivity index (χ0n) is 15.6. The first kappa shape index (κ1) is 22.4. The van der Waals surface area contributed by atoms with Gasteiger partial charge in [0.15, 0.2) is 0 Å². The highest BCUT2D eigenvalue weighted by Crippen LogP contribution is 2.27. The van der Waals surface area contributed by atoms with Crippen molar-refractivity contribution in [1.82, 2.24) is 0 Å². The Kier molecular flexibility index (Phi) is 9.50. The Bertz CT molecular complexity index is 675. The van der Waals surface area contributed by atoms with Gasteiger partial charge in [-0.15, -0.1) is 0 Å². The van der Waals surface area contributed by atoms with Crippen LogP contribution in [0.5, 0.6) is 5.75 Å². The van der Waals surface area contributed by atoms with Crippen molar-refractivity contribution in [1.29, 1.82) is 0 Å². The van der Waals surface area contributed by atoms with Crippen molar-refractivity contribution >= 4 is 17.6 Å². The zero-order chi connectivity index (χ0) is 20.4. The fourth-order valence-corrected chi connectivity index (χ4v) is 3.17. The van der Waals surface area contributed by atoms with Gasteiger partial charge in [0.05, 0.1) is 18.8 Å². The van der Waals surface area contributed by atoms with E-state index in [0.29, 0.717) is 17.2 Å². The summed E-state index contributed by atoms with van der Waals surface area (Å²) in [5.41, 5.74) is 0. The summed E-state index contributed by atoms with van der Waals surface area (Å²) < 4.78 is 11.1. The highest BCUT2D eigenvalue weighted by atomic mass is 35.5. The summed E-state index contributed by atoms with van der Waals surface area (Å²) in [6.07, 6.45) is 7.59. The van der Waals surface area contributed by atoms with E-state index in [1.54, 1.807) is 36.4 Å². The molecule has 1 saturated heterocycles. The molecular formula is C21H27ClO6. The molecule has 0 aliphatic carbocycles. The first-order valence-corrected chi connectivity index (χ1v) is 9.74. The van der Waals surface area contributed by atoms with Gasteiger partial charge in [-0.05, 0) is 37.5 Å². The molecule has 2 rings (SSSR count). The average molecular weight is 411 g/mol. The van der Waals surface area contributed by atoms with Gasteiger partial charge in [-0.3, -0.25) is 4.79 Å². The number of benzene rings is 1. The van der Waals surface area contributed by atoms with Crippen LogP contribution in [0.15, 0.2) is 48.6 Å². The van der Waals surface area contributed by atoms with Crippen molar-refractivity contribution in [3.63, 3.8) is 0 Å². The summed E-state index contributed by atoms with van der Waals surface area (Å²) in [5.74, 6) is -0.297. The molecule has 0 radical (unpaired) electrons. The highest BCUT2D eigenvalue weighted by molar-refractivity contribution is 6.30. The van der Waals surface area contributed by atoms with Crippen molar-refractivity contribution in [2.45, 2.75) is 44.0 Å². The van der Waals surface area contributed by atoms with E-state index in [4.69, 9.17) is 26.2 Å². The minimum atomic E-state index is -0.813. The molecule has 3 N–H and O–H groups in total. The van der Waals surface area contributed by atoms with E-state index in [-0.39, 0.29) is 31.7 Å². The minimum Gasteiger partial charge on any atom is -0.491 e. The minimum absolute atomic E-state index is 0.0681. The Hall–Kier alpha value is -1.86. The lowest BCUT2D eigenvalue weighted by Gasteiger charge is -2.17. The third-order valence-electron chi connectivity index (χ3n) is 4.47. The monoisotopic (exact) mass is 410 g/mol. The number of allylic oxidation sites excluding steroid dienone is 2. The largest absolute Gasteiger partial charge is 0.491 e. The van der Waals surface area contributed by atoms with Gasteiger partial charge in [0.1, 0.15) is 18.5 Å². The average Bonchev–Trinajstić information content (AvgIpc) is 3.01. The lowest BCUT2D eigenvalue weighted by atomic mass is 9.93. The Morgan fingerprint density at radius 1 is 1.36 bits per heavy atom. The lowest BCUT2D eigenvalue weighted by Crippen LogP contribution is -2.23. The Morgan fingerprint density at radius 2 is 2.14 bits per heavy atom. The molecule has 1 aromatic rings. The maximum atomic E-state index is 10.5. The van der Waals surface area contributed by atoms with E-state index in [0.717, 1.165) is 12.8 Å². The molecule has 1 aliphatic rings. The van der Waals surface area contributed by atoms with Gasteiger partial charge in [-0.2, -0.15) is 0 Å². The second kappa shape index (κ2) is 11.9. The van der Waals surface area contributed by atoms with Crippen molar-refractivity contribution in [3.05, 3.63) is 53.6 Å². The lowest BCUT2D eigenvalue weighted by molar-refractivity contribution is -0.136. The van der Waals surface area contributed by atoms with Crippen molar-refractivity contribution < 1.29 is 29.6 Å². The van der Waals surface area contributed by atoms with Gasteiger partial charge in [-0.25, -0.2) is 0 Å². The highest BCUT2D eigenvalue weighted by Gasteiger charge is 2.33. The molecule has 1 aromatic carbocycles. The Labute approximate surface area is 170 Å². The van der Waals surface area contributed by atoms with Crippen molar-refractivity contribution in [2.75, 3.05) is 13.2 Å². The van der Waals surface area contributed by atoms with Gasteiger partial charge < -0.3 is 24.8 Å². The van der Waals surface area contributed by atoms with Crippen LogP contribution in [-0.4, -0.2) is 52.8 Å². The molecule has 4 atom stereocenters. The van der Waals surface area contributed by atoms with Gasteiger partial charge in [0.25, 0.3) is 0 Å². The maximum absolute atomic E-state index is 10.5. The van der Waals surface area contributed by atoms with Crippen LogP contribution in [-0.2, 0) is 9.53 Å². The van der Waals surface area contributed by atoms with Crippen LogP contribution in [0.4, 0.5) is 0 Å². The second-order valence-electron chi connectivity index (χ2n) is 6.73. The molecule has 1 fully saturated rings. The van der Waals surface area contributed by atoms with Gasteiger partial charge in [0, 0.05) is 17.4 Å². The molecule has 0 amide bonds. The van der Waals surface area contributed by atoms with Crippen LogP contribution >= 0.6 is 11.6 Å². The van der Waals surface area contributed by atoms with Crippen LogP contribution in [0.25, 0.3) is 0 Å². The van der Waals surface area contributed by atoms with Gasteiger partial charge in [0.2, 0.25) is 0 Å². The third-order valence-corrected chi connectivity index (χ3v) is 4.71. The summed E-state index contributed by atoms with van der Waals surface area (Å²) in [6, 6.07) is 6.95. The fraction of sp³-hybridized carbons (Fsp3) is 0.476. The molecule has 1 aliphatic heterocycles. The number of halogens is 1. The van der Waals surface area contributed by atoms with E-state index in [9.17, 15) is 15.0 Å². The molecule has 0 spiro atoms. The molecule has 28 heavy (non-hydrogen) atoms. The number of carboxylic acid groups (broad SMARTS) is 1. The number of rotatable bonds is 11. The Morgan fingerprint density at radius 3 is 2.89 bits per heavy atom. The van der Waals surface area contributed by atoms with Gasteiger partial charge in [-0.1, -0.05) is 42.0 Å². The number of aliphatic hydroxyl groups is 2. The standard InChI is InChI=1S/C21H27ClO6/c22-15-6-5-7-17(12-15)27-13-16(23)10-11-20-18(19(24)14-28-20)8-3-1-2-4-9-21(25)26/h1-2,5-7,10-12,16,18-20,23-24H,3-4,8-9,13-14H2,(H,25,26)/b2-1-,11-10+/t16?,18-,19-,20+/m0/s1. The number of carboxylic acids is 1. The normalized spacial score (nSPS) is 23.5. The molecule has 0 saturated carbocycles. The molecule has 1 unspecified atom stereocenters. The van der Waals surface area contributed by atoms with Crippen molar-refractivity contribution in [3.8, 4) is 5.75 Å². The predicted octanol–water partition coefficient (Wildman–Crippen LogP) is 3.21. The first-order chi connectivity index (χ1) is 13.5. The van der Waals surface area contributed by atoms with E-state index >= 15 is 0 Å². The summed E-state index contributed by atoms with van der Waals surface area (Å²) in [7, 11) is 0. The number of hydrogen-bond acceptors (Lipinski definition) is 5. The molecular weight excluding hydrogens is 384 g/mol. The van der Waals surface area contributed by atoms with E-state index in [1.165, 1.54) is 0 Å². The predicted molar refractivity (Wildman–Crippen MR) is 107 cm³/mol. The summed E-state index contributed by atoms with van der Waals surface area (Å²) in [5, 5.41) is 29.4. The van der Waals surface area contributed by atoms with Crippen LogP contribution in [0.2, 0.25) is 5.02 Å². The van der Waals surface area contributed by atoms with E-state index < -0.39 is 18.2 Å². The molecule has 7 heteroatoms. The van der Waals surface area contributed by atoms with Crippen LogP contribution < -0.4 is 4.74 Å². The van der Waals surface area contributed by atoms with E-state index in [1.807, 2.05) is 12.2 Å². The Balaban J connectivity index is 1.76. The molecule has 0 bridgehead atoms. The topological polar surface area (TPSA) is 96.2 Å². The maximum Gasteiger partial charge on any atom is 0.303 e. The molecule has 154 valence electrons. The third kappa shape index (κ3) is 8.02. The van der Waals surface area contributed by atoms with Crippen LogP contribution in [0.1, 0.15) is 25.7 Å². The van der Waals surface area contributed by atoms with Gasteiger partial charge >= 0.3 is 5.97 Å². The van der Waals surface area contributed by atoms with Crippen molar-refractivity contribution in [2.24, 2.45) is 5.92 Å². The number of ether oxygens (including phenoxy) is 2.